The quantitative estimate of drug-likeness (QED) is 0.541. The number of hydrogen-bond donors (Lipinski definition) is 1. The summed E-state index contributed by atoms with van der Waals surface area (Å²) >= 11 is 8.16. The molecule has 1 aliphatic rings. The van der Waals surface area contributed by atoms with Crippen LogP contribution in [0.2, 0.25) is 0 Å². The van der Waals surface area contributed by atoms with Crippen LogP contribution in [0.15, 0.2) is 47.5 Å². The molecule has 0 spiro atoms. The maximum absolute atomic E-state index is 11.5. The van der Waals surface area contributed by atoms with E-state index in [0.717, 1.165) is 58.4 Å². The first-order valence-corrected chi connectivity index (χ1v) is 10.9. The van der Waals surface area contributed by atoms with Gasteiger partial charge in [0.05, 0.1) is 11.2 Å². The van der Waals surface area contributed by atoms with E-state index in [1.807, 2.05) is 47.5 Å². The third-order valence-corrected chi connectivity index (χ3v) is 7.39. The van der Waals surface area contributed by atoms with Gasteiger partial charge in [-0.05, 0) is 38.7 Å². The van der Waals surface area contributed by atoms with Crippen LogP contribution in [0.1, 0.15) is 31.4 Å². The Kier molecular flexibility index (Phi) is 5.65. The number of rotatable bonds is 5. The molecule has 3 aromatic rings. The molecule has 2 aromatic heterocycles. The van der Waals surface area contributed by atoms with Gasteiger partial charge in [0.25, 0.3) is 0 Å². The molecule has 0 saturated heterocycles. The molecule has 2 heterocycles. The summed E-state index contributed by atoms with van der Waals surface area (Å²) in [5.74, 6) is -0.836. The molecule has 4 nitrogen and oxygen atoms in total. The zero-order valence-electron chi connectivity index (χ0n) is 15.8. The Morgan fingerprint density at radius 1 is 1.21 bits per heavy atom. The Balaban J connectivity index is 1.86. The second-order valence-corrected chi connectivity index (χ2v) is 9.23. The molecule has 0 radical (unpaired) electrons. The van der Waals surface area contributed by atoms with E-state index < -0.39 is 5.97 Å². The predicted molar refractivity (Wildman–Crippen MR) is 115 cm³/mol. The van der Waals surface area contributed by atoms with Gasteiger partial charge < -0.3 is 9.67 Å². The van der Waals surface area contributed by atoms with Crippen molar-refractivity contribution in [2.45, 2.75) is 54.7 Å². The number of hydrogen-bond acceptors (Lipinski definition) is 3. The van der Waals surface area contributed by atoms with Crippen molar-refractivity contribution >= 4 is 40.2 Å². The minimum absolute atomic E-state index is 0.0461. The number of aromatic nitrogens is 2. The van der Waals surface area contributed by atoms with Crippen molar-refractivity contribution in [3.8, 4) is 11.3 Å². The van der Waals surface area contributed by atoms with E-state index in [9.17, 15) is 9.90 Å². The second-order valence-electron chi connectivity index (χ2n) is 7.31. The second kappa shape index (κ2) is 8.18. The van der Waals surface area contributed by atoms with Crippen LogP contribution in [0.25, 0.3) is 22.2 Å². The van der Waals surface area contributed by atoms with Crippen LogP contribution in [0.3, 0.4) is 0 Å². The van der Waals surface area contributed by atoms with Gasteiger partial charge in [-0.15, -0.1) is 23.4 Å². The molecule has 28 heavy (non-hydrogen) atoms. The summed E-state index contributed by atoms with van der Waals surface area (Å²) in [7, 11) is 0. The molecule has 1 N–H and O–H groups in total. The standard InChI is InChI=1S/C22H23ClN2O2S/c1-14-22(28-17-9-7-16(23)8-10-17)20-18(25(14)13-19(26)27)11-12-24-21(20)15-5-3-2-4-6-15/h2-6,11-12,16-17H,7-10,13H2,1H3,(H,26,27). The van der Waals surface area contributed by atoms with Crippen molar-refractivity contribution < 1.29 is 9.90 Å². The molecule has 0 unspecified atom stereocenters. The number of carboxylic acids is 1. The summed E-state index contributed by atoms with van der Waals surface area (Å²) in [5, 5.41) is 11.3. The van der Waals surface area contributed by atoms with E-state index >= 15 is 0 Å². The normalized spacial score (nSPS) is 19.8. The lowest BCUT2D eigenvalue weighted by molar-refractivity contribution is -0.137. The zero-order valence-corrected chi connectivity index (χ0v) is 17.3. The highest BCUT2D eigenvalue weighted by Gasteiger charge is 2.25. The molecule has 0 atom stereocenters. The Morgan fingerprint density at radius 3 is 2.61 bits per heavy atom. The van der Waals surface area contributed by atoms with E-state index in [-0.39, 0.29) is 11.9 Å². The number of carboxylic acid groups (broad SMARTS) is 1. The molecule has 1 aliphatic carbocycles. The molecular formula is C22H23ClN2O2S. The summed E-state index contributed by atoms with van der Waals surface area (Å²) in [5.41, 5.74) is 3.90. The smallest absolute Gasteiger partial charge is 0.323 e. The highest BCUT2D eigenvalue weighted by atomic mass is 35.5. The third kappa shape index (κ3) is 3.78. The molecule has 0 amide bonds. The summed E-state index contributed by atoms with van der Waals surface area (Å²) in [6.45, 7) is 1.97. The SMILES string of the molecule is Cc1c(SC2CCC(Cl)CC2)c2c(-c3ccccc3)nccc2n1CC(=O)O. The van der Waals surface area contributed by atoms with Gasteiger partial charge >= 0.3 is 5.97 Å². The summed E-state index contributed by atoms with van der Waals surface area (Å²) < 4.78 is 1.90. The number of nitrogens with zero attached hydrogens (tertiary/aromatic N) is 2. The highest BCUT2D eigenvalue weighted by molar-refractivity contribution is 8.00. The molecule has 0 aliphatic heterocycles. The van der Waals surface area contributed by atoms with E-state index in [1.165, 1.54) is 0 Å². The Morgan fingerprint density at radius 2 is 1.93 bits per heavy atom. The van der Waals surface area contributed by atoms with E-state index in [1.54, 1.807) is 6.20 Å². The van der Waals surface area contributed by atoms with Crippen LogP contribution in [0.5, 0.6) is 0 Å². The first kappa shape index (κ1) is 19.3. The topological polar surface area (TPSA) is 55.1 Å². The lowest BCUT2D eigenvalue weighted by Gasteiger charge is -2.24. The first-order chi connectivity index (χ1) is 13.5. The lowest BCUT2D eigenvalue weighted by Crippen LogP contribution is -2.16. The van der Waals surface area contributed by atoms with Gasteiger partial charge in [0, 0.05) is 38.4 Å². The summed E-state index contributed by atoms with van der Waals surface area (Å²) in [6, 6.07) is 12.0. The molecule has 1 fully saturated rings. The van der Waals surface area contributed by atoms with Gasteiger partial charge in [0.15, 0.2) is 0 Å². The van der Waals surface area contributed by atoms with Crippen molar-refractivity contribution in [2.24, 2.45) is 0 Å². The van der Waals surface area contributed by atoms with Crippen LogP contribution in [-0.2, 0) is 11.3 Å². The average molecular weight is 415 g/mol. The minimum Gasteiger partial charge on any atom is -0.480 e. The third-order valence-electron chi connectivity index (χ3n) is 5.41. The van der Waals surface area contributed by atoms with Crippen LogP contribution in [-0.4, -0.2) is 31.3 Å². The van der Waals surface area contributed by atoms with E-state index in [2.05, 4.69) is 17.1 Å². The lowest BCUT2D eigenvalue weighted by atomic mass is 10.00. The molecule has 1 aromatic carbocycles. The van der Waals surface area contributed by atoms with Gasteiger partial charge in [-0.2, -0.15) is 0 Å². The van der Waals surface area contributed by atoms with Crippen molar-refractivity contribution in [3.05, 3.63) is 48.3 Å². The zero-order chi connectivity index (χ0) is 19.7. The van der Waals surface area contributed by atoms with E-state index in [4.69, 9.17) is 11.6 Å². The summed E-state index contributed by atoms with van der Waals surface area (Å²) in [4.78, 5) is 17.3. The Hall–Kier alpha value is -1.98. The van der Waals surface area contributed by atoms with Gasteiger partial charge in [0.2, 0.25) is 0 Å². The number of carbonyl (C=O) groups is 1. The van der Waals surface area contributed by atoms with Crippen LogP contribution >= 0.6 is 23.4 Å². The molecular weight excluding hydrogens is 392 g/mol. The van der Waals surface area contributed by atoms with Crippen LogP contribution in [0.4, 0.5) is 0 Å². The van der Waals surface area contributed by atoms with Crippen LogP contribution in [0, 0.1) is 6.92 Å². The fourth-order valence-corrected chi connectivity index (χ4v) is 5.68. The maximum atomic E-state index is 11.5. The highest BCUT2D eigenvalue weighted by Crippen LogP contribution is 2.43. The number of fused-ring (bicyclic) bond motifs is 1. The fourth-order valence-electron chi connectivity index (χ4n) is 3.99. The minimum atomic E-state index is -0.836. The van der Waals surface area contributed by atoms with Crippen molar-refractivity contribution in [1.82, 2.24) is 9.55 Å². The fraction of sp³-hybridized carbons (Fsp3) is 0.364. The number of halogens is 1. The molecule has 6 heteroatoms. The number of aliphatic carboxylic acids is 1. The van der Waals surface area contributed by atoms with E-state index in [0.29, 0.717) is 5.25 Å². The number of thioether (sulfide) groups is 1. The van der Waals surface area contributed by atoms with Gasteiger partial charge in [-0.1, -0.05) is 30.3 Å². The number of benzene rings is 1. The van der Waals surface area contributed by atoms with Crippen molar-refractivity contribution in [1.29, 1.82) is 0 Å². The molecule has 4 rings (SSSR count). The molecule has 1 saturated carbocycles. The van der Waals surface area contributed by atoms with Gasteiger partial charge in [-0.25, -0.2) is 0 Å². The number of alkyl halides is 1. The molecule has 146 valence electrons. The Labute approximate surface area is 173 Å². The van der Waals surface area contributed by atoms with Crippen molar-refractivity contribution in [3.63, 3.8) is 0 Å². The molecule has 0 bridgehead atoms. The summed E-state index contributed by atoms with van der Waals surface area (Å²) in [6.07, 6.45) is 6.02. The van der Waals surface area contributed by atoms with Crippen molar-refractivity contribution in [2.75, 3.05) is 0 Å². The Bertz CT molecular complexity index is 995. The predicted octanol–water partition coefficient (Wildman–Crippen LogP) is 5.74. The maximum Gasteiger partial charge on any atom is 0.323 e. The first-order valence-electron chi connectivity index (χ1n) is 9.60. The average Bonchev–Trinajstić information content (AvgIpc) is 2.96. The van der Waals surface area contributed by atoms with Crippen LogP contribution < -0.4 is 0 Å². The monoisotopic (exact) mass is 414 g/mol. The number of pyridine rings is 1. The van der Waals surface area contributed by atoms with Gasteiger partial charge in [0.1, 0.15) is 6.54 Å². The van der Waals surface area contributed by atoms with Gasteiger partial charge in [-0.3, -0.25) is 9.78 Å². The largest absolute Gasteiger partial charge is 0.480 e.